The van der Waals surface area contributed by atoms with E-state index in [1.807, 2.05) is 43.3 Å². The fraction of sp³-hybridized carbons (Fsp3) is 0.383. The van der Waals surface area contributed by atoms with E-state index in [0.29, 0.717) is 48.9 Å². The van der Waals surface area contributed by atoms with Gasteiger partial charge in [0.2, 0.25) is 29.5 Å². The van der Waals surface area contributed by atoms with Gasteiger partial charge in [-0.1, -0.05) is 111 Å². The molecule has 0 bridgehead atoms. The van der Waals surface area contributed by atoms with E-state index in [1.54, 1.807) is 36.4 Å². The summed E-state index contributed by atoms with van der Waals surface area (Å²) in [5.74, 6) is -6.94. The minimum absolute atomic E-state index is 0.0403. The van der Waals surface area contributed by atoms with Gasteiger partial charge in [-0.05, 0) is 65.4 Å². The quantitative estimate of drug-likeness (QED) is 0.0407. The van der Waals surface area contributed by atoms with Gasteiger partial charge in [0, 0.05) is 19.3 Å². The number of unbranched alkanes of at least 4 members (excludes halogenated alkanes) is 2. The van der Waals surface area contributed by atoms with Crippen molar-refractivity contribution in [2.24, 2.45) is 11.5 Å². The summed E-state index contributed by atoms with van der Waals surface area (Å²) in [6, 6.07) is 19.5. The molecule has 342 valence electrons. The SMILES string of the molecule is CCCC[C@H](NC(=O)[C@H](Cc1ccc2ccccc2c1)NC(=O)[C@@H](Cc1ccccc1)NC(=O)[C@@H](Cc1ccc(O)cc1)NC(=O)[C@@H](CC(=O)O)NC(=O)[C@H](N)CCCCN)C(=O)O. The Bertz CT molecular complexity index is 2210. The van der Waals surface area contributed by atoms with E-state index in [-0.39, 0.29) is 37.9 Å². The van der Waals surface area contributed by atoms with Gasteiger partial charge in [-0.2, -0.15) is 0 Å². The highest BCUT2D eigenvalue weighted by atomic mass is 16.4. The van der Waals surface area contributed by atoms with Crippen molar-refractivity contribution in [1.29, 1.82) is 0 Å². The number of carboxylic acid groups (broad SMARTS) is 2. The van der Waals surface area contributed by atoms with Crippen LogP contribution in [-0.2, 0) is 52.8 Å². The van der Waals surface area contributed by atoms with Crippen molar-refractivity contribution in [3.8, 4) is 5.75 Å². The first-order valence-electron chi connectivity index (χ1n) is 21.4. The highest BCUT2D eigenvalue weighted by Crippen LogP contribution is 2.18. The second-order valence-corrected chi connectivity index (χ2v) is 15.7. The van der Waals surface area contributed by atoms with Crippen LogP contribution in [0.15, 0.2) is 97.1 Å². The first kappa shape index (κ1) is 49.8. The van der Waals surface area contributed by atoms with Crippen LogP contribution in [0.25, 0.3) is 10.8 Å². The lowest BCUT2D eigenvalue weighted by atomic mass is 9.99. The Morgan fingerprint density at radius 2 is 1.02 bits per heavy atom. The molecule has 12 N–H and O–H groups in total. The minimum atomic E-state index is -1.65. The van der Waals surface area contributed by atoms with Gasteiger partial charge in [0.1, 0.15) is 36.0 Å². The number of fused-ring (bicyclic) bond motifs is 1. The van der Waals surface area contributed by atoms with E-state index in [2.05, 4.69) is 26.6 Å². The summed E-state index contributed by atoms with van der Waals surface area (Å²) in [6.07, 6.45) is 1.54. The van der Waals surface area contributed by atoms with Crippen molar-refractivity contribution in [2.75, 3.05) is 6.54 Å². The Hall–Kier alpha value is -6.85. The average Bonchev–Trinajstić information content (AvgIpc) is 3.27. The molecule has 0 spiro atoms. The third kappa shape index (κ3) is 16.1. The van der Waals surface area contributed by atoms with E-state index in [0.717, 1.165) is 10.8 Å². The molecule has 0 aliphatic rings. The molecule has 0 saturated heterocycles. The molecule has 6 atom stereocenters. The van der Waals surface area contributed by atoms with E-state index >= 15 is 0 Å². The summed E-state index contributed by atoms with van der Waals surface area (Å²) in [7, 11) is 0. The van der Waals surface area contributed by atoms with E-state index in [4.69, 9.17) is 11.5 Å². The fourth-order valence-corrected chi connectivity index (χ4v) is 7.00. The van der Waals surface area contributed by atoms with Gasteiger partial charge in [0.15, 0.2) is 0 Å². The number of hydrogen-bond donors (Lipinski definition) is 10. The molecule has 4 aromatic carbocycles. The third-order valence-corrected chi connectivity index (χ3v) is 10.6. The van der Waals surface area contributed by atoms with E-state index in [1.165, 1.54) is 24.3 Å². The lowest BCUT2D eigenvalue weighted by Gasteiger charge is -2.27. The van der Waals surface area contributed by atoms with Crippen LogP contribution in [0.1, 0.15) is 68.6 Å². The molecule has 4 aromatic rings. The van der Waals surface area contributed by atoms with Gasteiger partial charge in [0.05, 0.1) is 12.5 Å². The third-order valence-electron chi connectivity index (χ3n) is 10.6. The molecule has 17 nitrogen and oxygen atoms in total. The lowest BCUT2D eigenvalue weighted by Crippen LogP contribution is -2.60. The summed E-state index contributed by atoms with van der Waals surface area (Å²) in [5.41, 5.74) is 13.3. The number of nitrogens with one attached hydrogen (secondary N) is 5. The zero-order valence-corrected chi connectivity index (χ0v) is 35.8. The van der Waals surface area contributed by atoms with Crippen molar-refractivity contribution in [3.63, 3.8) is 0 Å². The van der Waals surface area contributed by atoms with Crippen molar-refractivity contribution >= 4 is 52.2 Å². The number of benzene rings is 4. The van der Waals surface area contributed by atoms with Crippen LogP contribution in [0, 0.1) is 0 Å². The van der Waals surface area contributed by atoms with Crippen molar-refractivity contribution in [1.82, 2.24) is 26.6 Å². The number of carboxylic acids is 2. The van der Waals surface area contributed by atoms with Gasteiger partial charge in [0.25, 0.3) is 0 Å². The first-order valence-corrected chi connectivity index (χ1v) is 21.4. The molecule has 0 heterocycles. The highest BCUT2D eigenvalue weighted by Gasteiger charge is 2.34. The van der Waals surface area contributed by atoms with E-state index < -0.39 is 84.1 Å². The van der Waals surface area contributed by atoms with Crippen LogP contribution in [0.2, 0.25) is 0 Å². The number of nitrogens with two attached hydrogens (primary N) is 2. The molecule has 17 heteroatoms. The summed E-state index contributed by atoms with van der Waals surface area (Å²) in [5, 5.41) is 44.3. The summed E-state index contributed by atoms with van der Waals surface area (Å²) < 4.78 is 0. The predicted octanol–water partition coefficient (Wildman–Crippen LogP) is 2.20. The van der Waals surface area contributed by atoms with Crippen LogP contribution in [0.3, 0.4) is 0 Å². The maximum absolute atomic E-state index is 14.5. The molecule has 0 aliphatic heterocycles. The number of carbonyl (C=O) groups is 7. The molecule has 0 fully saturated rings. The zero-order valence-electron chi connectivity index (χ0n) is 35.8. The van der Waals surface area contributed by atoms with Crippen molar-refractivity contribution in [2.45, 2.75) is 107 Å². The predicted molar refractivity (Wildman–Crippen MR) is 240 cm³/mol. The fourth-order valence-electron chi connectivity index (χ4n) is 7.00. The largest absolute Gasteiger partial charge is 0.508 e. The average molecular weight is 882 g/mol. The molecule has 0 saturated carbocycles. The van der Waals surface area contributed by atoms with Gasteiger partial charge >= 0.3 is 11.9 Å². The number of aliphatic carboxylic acids is 2. The highest BCUT2D eigenvalue weighted by molar-refractivity contribution is 5.97. The molecule has 0 aromatic heterocycles. The molecular formula is C47H59N7O10. The summed E-state index contributed by atoms with van der Waals surface area (Å²) in [6.45, 7) is 2.27. The van der Waals surface area contributed by atoms with Crippen molar-refractivity contribution < 1.29 is 48.9 Å². The van der Waals surface area contributed by atoms with Gasteiger partial charge in [-0.15, -0.1) is 0 Å². The van der Waals surface area contributed by atoms with Crippen LogP contribution in [0.4, 0.5) is 0 Å². The summed E-state index contributed by atoms with van der Waals surface area (Å²) in [4.78, 5) is 93.7. The Morgan fingerprint density at radius 3 is 1.56 bits per heavy atom. The number of phenolic OH excluding ortho intramolecular Hbond substituents is 1. The number of rotatable bonds is 26. The van der Waals surface area contributed by atoms with Crippen LogP contribution in [-0.4, -0.2) is 99.6 Å². The second-order valence-electron chi connectivity index (χ2n) is 15.7. The van der Waals surface area contributed by atoms with Gasteiger partial charge < -0.3 is 53.4 Å². The Morgan fingerprint density at radius 1 is 0.531 bits per heavy atom. The van der Waals surface area contributed by atoms with E-state index in [9.17, 15) is 48.9 Å². The monoisotopic (exact) mass is 881 g/mol. The van der Waals surface area contributed by atoms with Crippen LogP contribution in [0.5, 0.6) is 5.75 Å². The number of amides is 5. The standard InChI is InChI=1S/C47H59N7O10/c1-2-3-16-36(47(63)64)50-43(59)39(27-31-17-20-32-13-7-8-14-33(32)24-31)54-44(60)37(25-29-11-5-4-6-12-29)52-45(61)38(26-30-18-21-34(55)22-19-30)53-46(62)40(28-41(56)57)51-42(58)35(49)15-9-10-23-48/h4-8,11-14,17-22,24,35-40,55H,2-3,9-10,15-16,23,25-28,48-49H2,1H3,(H,50,59)(H,51,58)(H,52,61)(H,53,62)(H,54,60)(H,56,57)(H,63,64)/t35-,36+,37-,38-,39+,40-/m1/s1. The number of aromatic hydroxyl groups is 1. The zero-order chi connectivity index (χ0) is 46.6. The smallest absolute Gasteiger partial charge is 0.326 e. The Labute approximate surface area is 371 Å². The number of phenols is 1. The molecule has 0 radical (unpaired) electrons. The molecule has 0 aliphatic carbocycles. The Kier molecular flexibility index (Phi) is 19.7. The molecule has 5 amide bonds. The molecule has 4 rings (SSSR count). The maximum Gasteiger partial charge on any atom is 0.326 e. The molecular weight excluding hydrogens is 823 g/mol. The maximum atomic E-state index is 14.5. The minimum Gasteiger partial charge on any atom is -0.508 e. The topological polar surface area (TPSA) is 292 Å². The lowest BCUT2D eigenvalue weighted by molar-refractivity contribution is -0.142. The summed E-state index contributed by atoms with van der Waals surface area (Å²) >= 11 is 0. The number of carbonyl (C=O) groups excluding carboxylic acids is 5. The number of hydrogen-bond acceptors (Lipinski definition) is 10. The second kappa shape index (κ2) is 25.3. The normalized spacial score (nSPS) is 13.9. The first-order chi connectivity index (χ1) is 30.7. The molecule has 64 heavy (non-hydrogen) atoms. The van der Waals surface area contributed by atoms with Gasteiger partial charge in [-0.25, -0.2) is 4.79 Å². The van der Waals surface area contributed by atoms with Crippen LogP contribution < -0.4 is 38.1 Å². The molecule has 0 unspecified atom stereocenters. The van der Waals surface area contributed by atoms with Crippen molar-refractivity contribution in [3.05, 3.63) is 114 Å². The van der Waals surface area contributed by atoms with Crippen LogP contribution >= 0.6 is 0 Å². The van der Waals surface area contributed by atoms with Gasteiger partial charge in [-0.3, -0.25) is 28.8 Å². The Balaban J connectivity index is 1.66.